The van der Waals surface area contributed by atoms with Crippen molar-refractivity contribution < 1.29 is 14.3 Å². The second kappa shape index (κ2) is 7.04. The van der Waals surface area contributed by atoms with Gasteiger partial charge in [-0.1, -0.05) is 0 Å². The van der Waals surface area contributed by atoms with Crippen molar-refractivity contribution in [1.82, 2.24) is 15.5 Å². The van der Waals surface area contributed by atoms with Crippen LogP contribution in [0.3, 0.4) is 0 Å². The molecule has 2 rings (SSSR count). The summed E-state index contributed by atoms with van der Waals surface area (Å²) in [6, 6.07) is 0.130. The highest BCUT2D eigenvalue weighted by atomic mass is 16.6. The Bertz CT molecular complexity index is 514. The maximum absolute atomic E-state index is 11.8. The topological polar surface area (TPSA) is 96.7 Å². The maximum Gasteiger partial charge on any atom is 0.407 e. The Morgan fingerprint density at radius 1 is 1.35 bits per heavy atom. The van der Waals surface area contributed by atoms with Crippen LogP contribution in [-0.2, 0) is 9.53 Å². The van der Waals surface area contributed by atoms with Gasteiger partial charge in [0.1, 0.15) is 5.60 Å². The smallest absolute Gasteiger partial charge is 0.407 e. The molecule has 2 aliphatic heterocycles. The third-order valence-electron chi connectivity index (χ3n) is 3.80. The van der Waals surface area contributed by atoms with E-state index in [1.807, 2.05) is 26.8 Å². The van der Waals surface area contributed by atoms with Gasteiger partial charge in [-0.3, -0.25) is 9.69 Å². The molecule has 128 valence electrons. The Morgan fingerprint density at radius 2 is 2.00 bits per heavy atom. The number of carbonyl (C=O) groups is 2. The summed E-state index contributed by atoms with van der Waals surface area (Å²) in [5, 5.41) is 6.09. The summed E-state index contributed by atoms with van der Waals surface area (Å²) < 4.78 is 5.28. The molecule has 0 aromatic carbocycles. The van der Waals surface area contributed by atoms with Gasteiger partial charge in [0.2, 0.25) is 5.91 Å². The normalized spacial score (nSPS) is 22.9. The predicted molar refractivity (Wildman–Crippen MR) is 87.3 cm³/mol. The fraction of sp³-hybridized carbons (Fsp3) is 0.625. The lowest BCUT2D eigenvalue weighted by molar-refractivity contribution is -0.114. The number of alkyl carbamates (subject to hydrolysis) is 1. The van der Waals surface area contributed by atoms with Crippen LogP contribution in [0.5, 0.6) is 0 Å². The van der Waals surface area contributed by atoms with Crippen LogP contribution in [-0.4, -0.2) is 47.8 Å². The average molecular weight is 322 g/mol. The van der Waals surface area contributed by atoms with Crippen LogP contribution < -0.4 is 16.4 Å². The lowest BCUT2D eigenvalue weighted by atomic mass is 10.0. The molecule has 7 nitrogen and oxygen atoms in total. The van der Waals surface area contributed by atoms with Crippen LogP contribution in [0.15, 0.2) is 23.9 Å². The van der Waals surface area contributed by atoms with E-state index in [9.17, 15) is 9.59 Å². The number of amides is 2. The summed E-state index contributed by atoms with van der Waals surface area (Å²) in [4.78, 5) is 25.1. The average Bonchev–Trinajstić information content (AvgIpc) is 2.46. The fourth-order valence-electron chi connectivity index (χ4n) is 2.65. The molecule has 1 atom stereocenters. The number of ether oxygens (including phenoxy) is 1. The third kappa shape index (κ3) is 5.28. The highest BCUT2D eigenvalue weighted by Crippen LogP contribution is 2.16. The van der Waals surface area contributed by atoms with E-state index in [4.69, 9.17) is 10.5 Å². The second-order valence-corrected chi connectivity index (χ2v) is 6.89. The largest absolute Gasteiger partial charge is 0.444 e. The number of dihydropyridines is 1. The van der Waals surface area contributed by atoms with Gasteiger partial charge in [-0.2, -0.15) is 0 Å². The van der Waals surface area contributed by atoms with E-state index >= 15 is 0 Å². The van der Waals surface area contributed by atoms with Crippen molar-refractivity contribution in [2.24, 2.45) is 5.73 Å². The van der Waals surface area contributed by atoms with Crippen LogP contribution in [0.25, 0.3) is 0 Å². The monoisotopic (exact) mass is 322 g/mol. The minimum Gasteiger partial charge on any atom is -0.444 e. The number of hydrogen-bond acceptors (Lipinski definition) is 5. The number of piperidine rings is 1. The zero-order valence-electron chi connectivity index (χ0n) is 14.0. The van der Waals surface area contributed by atoms with E-state index in [0.717, 1.165) is 25.9 Å². The number of hydrogen-bond donors (Lipinski definition) is 3. The van der Waals surface area contributed by atoms with Gasteiger partial charge in [-0.15, -0.1) is 0 Å². The molecule has 1 unspecified atom stereocenters. The Hall–Kier alpha value is -2.02. The van der Waals surface area contributed by atoms with Gasteiger partial charge in [-0.05, 0) is 45.8 Å². The number of nitrogens with one attached hydrogen (secondary N) is 2. The number of primary amides is 1. The molecule has 0 spiro atoms. The molecule has 7 heteroatoms. The lowest BCUT2D eigenvalue weighted by Gasteiger charge is -2.37. The summed E-state index contributed by atoms with van der Waals surface area (Å²) in [7, 11) is 0. The second-order valence-electron chi connectivity index (χ2n) is 6.89. The van der Waals surface area contributed by atoms with Gasteiger partial charge in [0.25, 0.3) is 0 Å². The van der Waals surface area contributed by atoms with E-state index in [1.54, 1.807) is 12.3 Å². The molecule has 0 radical (unpaired) electrons. The van der Waals surface area contributed by atoms with Gasteiger partial charge in [0, 0.05) is 25.3 Å². The SMILES string of the molecule is CC(C)(C)OC(=O)NC1CCN(C2C=CC(C(N)=O)=CN2)CC1. The minimum atomic E-state index is -0.480. The molecule has 0 saturated carbocycles. The first-order valence-electron chi connectivity index (χ1n) is 7.92. The van der Waals surface area contributed by atoms with Crippen LogP contribution in [0.4, 0.5) is 4.79 Å². The van der Waals surface area contributed by atoms with E-state index < -0.39 is 11.5 Å². The third-order valence-corrected chi connectivity index (χ3v) is 3.80. The van der Waals surface area contributed by atoms with Crippen molar-refractivity contribution in [2.45, 2.75) is 51.4 Å². The minimum absolute atomic E-state index is 0.0561. The molecule has 0 aromatic heterocycles. The highest BCUT2D eigenvalue weighted by Gasteiger charge is 2.26. The predicted octanol–water partition coefficient (Wildman–Crippen LogP) is 0.830. The Kier molecular flexibility index (Phi) is 5.30. The molecule has 23 heavy (non-hydrogen) atoms. The zero-order valence-corrected chi connectivity index (χ0v) is 14.0. The maximum atomic E-state index is 11.8. The Balaban J connectivity index is 1.76. The summed E-state index contributed by atoms with van der Waals surface area (Å²) in [5.41, 5.74) is 5.23. The molecular weight excluding hydrogens is 296 g/mol. The molecule has 0 aliphatic carbocycles. The van der Waals surface area contributed by atoms with Crippen molar-refractivity contribution >= 4 is 12.0 Å². The molecule has 1 saturated heterocycles. The summed E-state index contributed by atoms with van der Waals surface area (Å²) in [6.45, 7) is 7.25. The van der Waals surface area contributed by atoms with Gasteiger partial charge >= 0.3 is 6.09 Å². The van der Waals surface area contributed by atoms with Crippen LogP contribution in [0, 0.1) is 0 Å². The van der Waals surface area contributed by atoms with Crippen molar-refractivity contribution in [1.29, 1.82) is 0 Å². The van der Waals surface area contributed by atoms with Gasteiger partial charge in [0.15, 0.2) is 0 Å². The zero-order chi connectivity index (χ0) is 17.0. The first-order valence-corrected chi connectivity index (χ1v) is 7.92. The number of nitrogens with zero attached hydrogens (tertiary/aromatic N) is 1. The van der Waals surface area contributed by atoms with Crippen LogP contribution in [0.2, 0.25) is 0 Å². The van der Waals surface area contributed by atoms with Crippen molar-refractivity contribution in [3.63, 3.8) is 0 Å². The first-order chi connectivity index (χ1) is 10.7. The Morgan fingerprint density at radius 3 is 2.48 bits per heavy atom. The van der Waals surface area contributed by atoms with E-state index in [2.05, 4.69) is 15.5 Å². The Labute approximate surface area is 136 Å². The van der Waals surface area contributed by atoms with Crippen molar-refractivity contribution in [3.05, 3.63) is 23.9 Å². The summed E-state index contributed by atoms with van der Waals surface area (Å²) >= 11 is 0. The quantitative estimate of drug-likeness (QED) is 0.715. The molecule has 2 amide bonds. The molecule has 4 N–H and O–H groups in total. The van der Waals surface area contributed by atoms with Crippen molar-refractivity contribution in [3.8, 4) is 0 Å². The standard InChI is InChI=1S/C16H26N4O3/c1-16(2,3)23-15(22)19-12-6-8-20(9-7-12)13-5-4-11(10-18-13)14(17)21/h4-5,10,12-13,18H,6-9H2,1-3H3,(H2,17,21)(H,19,22). The van der Waals surface area contributed by atoms with Crippen LogP contribution >= 0.6 is 0 Å². The van der Waals surface area contributed by atoms with Crippen molar-refractivity contribution in [2.75, 3.05) is 13.1 Å². The number of rotatable bonds is 3. The number of likely N-dealkylation sites (tertiary alicyclic amines) is 1. The lowest BCUT2D eigenvalue weighted by Crippen LogP contribution is -2.51. The molecule has 0 bridgehead atoms. The molecule has 0 aromatic rings. The van der Waals surface area contributed by atoms with Crippen LogP contribution in [0.1, 0.15) is 33.6 Å². The molecule has 2 aliphatic rings. The fourth-order valence-corrected chi connectivity index (χ4v) is 2.65. The number of carbonyl (C=O) groups excluding carboxylic acids is 2. The summed E-state index contributed by atoms with van der Waals surface area (Å²) in [6.07, 6.45) is 6.74. The molecular formula is C16H26N4O3. The van der Waals surface area contributed by atoms with Gasteiger partial charge in [-0.25, -0.2) is 4.79 Å². The van der Waals surface area contributed by atoms with Gasteiger partial charge < -0.3 is 21.1 Å². The number of nitrogens with two attached hydrogens (primary N) is 1. The highest BCUT2D eigenvalue weighted by molar-refractivity contribution is 5.94. The molecule has 1 fully saturated rings. The van der Waals surface area contributed by atoms with E-state index in [0.29, 0.717) is 5.57 Å². The van der Waals surface area contributed by atoms with E-state index in [1.165, 1.54) is 0 Å². The summed E-state index contributed by atoms with van der Waals surface area (Å²) in [5.74, 6) is -0.438. The van der Waals surface area contributed by atoms with E-state index in [-0.39, 0.29) is 18.3 Å². The first kappa shape index (κ1) is 17.3. The molecule has 2 heterocycles. The van der Waals surface area contributed by atoms with Gasteiger partial charge in [0.05, 0.1) is 11.7 Å².